The van der Waals surface area contributed by atoms with Gasteiger partial charge in [0.25, 0.3) is 5.24 Å². The molecule has 0 spiro atoms. The van der Waals surface area contributed by atoms with E-state index in [1.54, 1.807) is 12.1 Å². The lowest BCUT2D eigenvalue weighted by Gasteiger charge is -2.14. The number of amides is 2. The maximum Gasteiger partial charge on any atom is 0.286 e. The first kappa shape index (κ1) is 25.8. The number of unbranched alkanes of at least 4 members (excludes halogenated alkanes) is 2. The van der Waals surface area contributed by atoms with Crippen molar-refractivity contribution in [3.05, 3.63) is 89.2 Å². The average molecular weight is 508 g/mol. The molecule has 0 radical (unpaired) electrons. The van der Waals surface area contributed by atoms with Crippen molar-refractivity contribution in [1.29, 1.82) is 0 Å². The highest BCUT2D eigenvalue weighted by Crippen LogP contribution is 2.34. The molecule has 1 aliphatic rings. The van der Waals surface area contributed by atoms with E-state index in [1.807, 2.05) is 36.4 Å². The van der Waals surface area contributed by atoms with Crippen LogP contribution in [0.15, 0.2) is 66.7 Å². The summed E-state index contributed by atoms with van der Waals surface area (Å²) in [5.74, 6) is 1.64. The van der Waals surface area contributed by atoms with Crippen LogP contribution in [0, 0.1) is 5.82 Å². The molecule has 188 valence electrons. The Kier molecular flexibility index (Phi) is 9.01. The van der Waals surface area contributed by atoms with Crippen molar-refractivity contribution >= 4 is 22.9 Å². The van der Waals surface area contributed by atoms with Gasteiger partial charge in [-0.15, -0.1) is 0 Å². The van der Waals surface area contributed by atoms with E-state index in [0.29, 0.717) is 18.1 Å². The third-order valence-corrected chi connectivity index (χ3v) is 6.95. The van der Waals surface area contributed by atoms with Gasteiger partial charge in [-0.2, -0.15) is 0 Å². The number of ether oxygens (including phenoxy) is 2. The lowest BCUT2D eigenvalue weighted by molar-refractivity contribution is -0.119. The Morgan fingerprint density at radius 2 is 1.72 bits per heavy atom. The summed E-state index contributed by atoms with van der Waals surface area (Å²) in [6, 6.07) is 19.7. The molecule has 1 aliphatic heterocycles. The molecule has 1 heterocycles. The molecule has 1 atom stereocenters. The van der Waals surface area contributed by atoms with E-state index in [0.717, 1.165) is 67.2 Å². The Morgan fingerprint density at radius 1 is 0.917 bits per heavy atom. The maximum atomic E-state index is 13.1. The van der Waals surface area contributed by atoms with Crippen LogP contribution in [-0.2, 0) is 17.6 Å². The molecule has 1 N–H and O–H groups in total. The predicted molar refractivity (Wildman–Crippen MR) is 140 cm³/mol. The van der Waals surface area contributed by atoms with Gasteiger partial charge in [0, 0.05) is 0 Å². The molecule has 1 saturated heterocycles. The van der Waals surface area contributed by atoms with Crippen molar-refractivity contribution in [2.24, 2.45) is 0 Å². The van der Waals surface area contributed by atoms with Crippen LogP contribution in [0.25, 0.3) is 0 Å². The summed E-state index contributed by atoms with van der Waals surface area (Å²) < 4.78 is 25.1. The number of halogens is 1. The Balaban J connectivity index is 1.23. The van der Waals surface area contributed by atoms with Crippen LogP contribution >= 0.6 is 11.8 Å². The fourth-order valence-electron chi connectivity index (χ4n) is 4.14. The number of hydrogen-bond acceptors (Lipinski definition) is 5. The van der Waals surface area contributed by atoms with Crippen molar-refractivity contribution in [2.75, 3.05) is 6.61 Å². The molecule has 1 unspecified atom stereocenters. The quantitative estimate of drug-likeness (QED) is 0.259. The maximum absolute atomic E-state index is 13.1. The van der Waals surface area contributed by atoms with E-state index in [4.69, 9.17) is 9.47 Å². The summed E-state index contributed by atoms with van der Waals surface area (Å²) in [6.07, 6.45) is 5.77. The van der Waals surface area contributed by atoms with Crippen LogP contribution in [0.3, 0.4) is 0 Å². The lowest BCUT2D eigenvalue weighted by atomic mass is 10.0. The van der Waals surface area contributed by atoms with E-state index >= 15 is 0 Å². The standard InChI is InChI=1S/C29H30FNO4S/c1-2-7-21-19-25(35-24-13-11-23(30)12-14-24)15-16-26(21)34-17-5-3-4-8-20-9-6-10-22(18-20)27-28(32)31-29(33)36-27/h6,9-16,18-19,27H,2-5,7-8,17H2,1H3,(H,31,32,33). The molecule has 4 rings (SSSR count). The fraction of sp³-hybridized carbons (Fsp3) is 0.310. The van der Waals surface area contributed by atoms with E-state index < -0.39 is 5.25 Å². The minimum absolute atomic E-state index is 0.239. The van der Waals surface area contributed by atoms with Crippen molar-refractivity contribution < 1.29 is 23.5 Å². The number of imide groups is 1. The molecule has 0 saturated carbocycles. The van der Waals surface area contributed by atoms with Gasteiger partial charge in [-0.05, 0) is 103 Å². The fourth-order valence-corrected chi connectivity index (χ4v) is 4.96. The van der Waals surface area contributed by atoms with Crippen LogP contribution < -0.4 is 14.8 Å². The van der Waals surface area contributed by atoms with Gasteiger partial charge in [0.05, 0.1) is 6.61 Å². The zero-order chi connectivity index (χ0) is 25.3. The van der Waals surface area contributed by atoms with E-state index in [2.05, 4.69) is 18.3 Å². The highest BCUT2D eigenvalue weighted by atomic mass is 32.2. The van der Waals surface area contributed by atoms with Crippen molar-refractivity contribution in [3.8, 4) is 17.2 Å². The number of hydrogen-bond donors (Lipinski definition) is 1. The first-order chi connectivity index (χ1) is 17.5. The van der Waals surface area contributed by atoms with Crippen LogP contribution in [0.1, 0.15) is 54.5 Å². The third-order valence-electron chi connectivity index (χ3n) is 5.91. The van der Waals surface area contributed by atoms with Gasteiger partial charge in [0.2, 0.25) is 5.91 Å². The second-order valence-electron chi connectivity index (χ2n) is 8.75. The number of benzene rings is 3. The minimum atomic E-state index is -0.448. The van der Waals surface area contributed by atoms with E-state index in [-0.39, 0.29) is 17.0 Å². The number of aryl methyl sites for hydroxylation is 2. The van der Waals surface area contributed by atoms with Gasteiger partial charge in [0.15, 0.2) is 0 Å². The summed E-state index contributed by atoms with van der Waals surface area (Å²) >= 11 is 1.04. The van der Waals surface area contributed by atoms with Crippen LogP contribution in [0.2, 0.25) is 0 Å². The highest BCUT2D eigenvalue weighted by Gasteiger charge is 2.32. The largest absolute Gasteiger partial charge is 0.493 e. The Hall–Kier alpha value is -3.32. The molecular weight excluding hydrogens is 477 g/mol. The first-order valence-corrected chi connectivity index (χ1v) is 13.2. The van der Waals surface area contributed by atoms with Gasteiger partial charge >= 0.3 is 0 Å². The molecule has 36 heavy (non-hydrogen) atoms. The monoisotopic (exact) mass is 507 g/mol. The number of carbonyl (C=O) groups is 2. The summed E-state index contributed by atoms with van der Waals surface area (Å²) in [4.78, 5) is 23.4. The second kappa shape index (κ2) is 12.6. The molecule has 1 fully saturated rings. The van der Waals surface area contributed by atoms with Gasteiger partial charge in [-0.3, -0.25) is 14.9 Å². The summed E-state index contributed by atoms with van der Waals surface area (Å²) in [7, 11) is 0. The van der Waals surface area contributed by atoms with Gasteiger partial charge in [-0.1, -0.05) is 37.6 Å². The molecule has 7 heteroatoms. The highest BCUT2D eigenvalue weighted by molar-refractivity contribution is 8.15. The third kappa shape index (κ3) is 7.10. The summed E-state index contributed by atoms with van der Waals surface area (Å²) in [5.41, 5.74) is 3.14. The second-order valence-corrected chi connectivity index (χ2v) is 9.83. The first-order valence-electron chi connectivity index (χ1n) is 12.3. The van der Waals surface area contributed by atoms with Crippen LogP contribution in [-0.4, -0.2) is 17.8 Å². The Morgan fingerprint density at radius 3 is 2.47 bits per heavy atom. The minimum Gasteiger partial charge on any atom is -0.493 e. The summed E-state index contributed by atoms with van der Waals surface area (Å²) in [5, 5.41) is 1.61. The molecule has 0 aliphatic carbocycles. The molecular formula is C29H30FNO4S. The number of rotatable bonds is 12. The Bertz CT molecular complexity index is 1200. The van der Waals surface area contributed by atoms with Gasteiger partial charge in [0.1, 0.15) is 28.3 Å². The van der Waals surface area contributed by atoms with Crippen molar-refractivity contribution in [2.45, 2.75) is 50.7 Å². The lowest BCUT2D eigenvalue weighted by Crippen LogP contribution is -2.20. The molecule has 0 bridgehead atoms. The van der Waals surface area contributed by atoms with Crippen molar-refractivity contribution in [1.82, 2.24) is 5.32 Å². The Labute approximate surface area is 215 Å². The van der Waals surface area contributed by atoms with Gasteiger partial charge < -0.3 is 9.47 Å². The zero-order valence-electron chi connectivity index (χ0n) is 20.3. The summed E-state index contributed by atoms with van der Waals surface area (Å²) in [6.45, 7) is 2.76. The normalized spacial score (nSPS) is 15.1. The zero-order valence-corrected chi connectivity index (χ0v) is 21.1. The average Bonchev–Trinajstić information content (AvgIpc) is 3.22. The topological polar surface area (TPSA) is 64.6 Å². The smallest absolute Gasteiger partial charge is 0.286 e. The molecule has 2 amide bonds. The van der Waals surface area contributed by atoms with Crippen LogP contribution in [0.4, 0.5) is 9.18 Å². The molecule has 0 aromatic heterocycles. The number of nitrogens with one attached hydrogen (secondary N) is 1. The molecule has 3 aromatic carbocycles. The van der Waals surface area contributed by atoms with E-state index in [9.17, 15) is 14.0 Å². The van der Waals surface area contributed by atoms with Crippen LogP contribution in [0.5, 0.6) is 17.2 Å². The van der Waals surface area contributed by atoms with Gasteiger partial charge in [-0.25, -0.2) is 4.39 Å². The SMILES string of the molecule is CCCc1cc(Oc2ccc(F)cc2)ccc1OCCCCCc1cccc(C2SC(=O)NC2=O)c1. The predicted octanol–water partition coefficient (Wildman–Crippen LogP) is 7.39. The van der Waals surface area contributed by atoms with Crippen molar-refractivity contribution in [3.63, 3.8) is 0 Å². The molecule has 3 aromatic rings. The number of thioether (sulfide) groups is 1. The number of carbonyl (C=O) groups excluding carboxylic acids is 2. The van der Waals surface area contributed by atoms with E-state index in [1.165, 1.54) is 17.7 Å². The molecule has 5 nitrogen and oxygen atoms in total.